The molecular formula is C10H8Cl2O3. The molecule has 1 unspecified atom stereocenters. The number of alkyl halides is 2. The van der Waals surface area contributed by atoms with Crippen LogP contribution in [0, 0.1) is 0 Å². The van der Waals surface area contributed by atoms with Crippen molar-refractivity contribution in [3.05, 3.63) is 29.8 Å². The van der Waals surface area contributed by atoms with Gasteiger partial charge in [-0.15, -0.1) is 0 Å². The zero-order chi connectivity index (χ0) is 11.1. The van der Waals surface area contributed by atoms with E-state index in [9.17, 15) is 4.79 Å². The van der Waals surface area contributed by atoms with Gasteiger partial charge in [-0.1, -0.05) is 35.3 Å². The number of esters is 1. The molecule has 1 aromatic carbocycles. The molecule has 80 valence electrons. The van der Waals surface area contributed by atoms with Gasteiger partial charge < -0.3 is 9.47 Å². The number of hydrogen-bond donors (Lipinski definition) is 0. The van der Waals surface area contributed by atoms with Gasteiger partial charge in [-0.25, -0.2) is 4.79 Å². The van der Waals surface area contributed by atoms with E-state index in [1.54, 1.807) is 31.4 Å². The Balaban J connectivity index is 2.21. The first-order chi connectivity index (χ1) is 7.05. The summed E-state index contributed by atoms with van der Waals surface area (Å²) in [5.41, 5.74) is 0.750. The molecule has 0 aliphatic carbocycles. The fourth-order valence-corrected chi connectivity index (χ4v) is 1.79. The molecule has 5 heteroatoms. The summed E-state index contributed by atoms with van der Waals surface area (Å²) in [6.45, 7) is 0. The van der Waals surface area contributed by atoms with Gasteiger partial charge in [0.1, 0.15) is 5.75 Å². The van der Waals surface area contributed by atoms with E-state index >= 15 is 0 Å². The third kappa shape index (κ3) is 1.66. The van der Waals surface area contributed by atoms with Gasteiger partial charge in [0.15, 0.2) is 6.10 Å². The number of carbonyl (C=O) groups excluding carboxylic acids is 1. The number of rotatable bonds is 2. The molecule has 15 heavy (non-hydrogen) atoms. The molecule has 0 radical (unpaired) electrons. The van der Waals surface area contributed by atoms with Crippen LogP contribution in [0.5, 0.6) is 5.75 Å². The summed E-state index contributed by atoms with van der Waals surface area (Å²) in [6, 6.07) is 7.03. The van der Waals surface area contributed by atoms with E-state index in [0.29, 0.717) is 0 Å². The molecule has 1 saturated heterocycles. The first-order valence-corrected chi connectivity index (χ1v) is 5.04. The van der Waals surface area contributed by atoms with Gasteiger partial charge >= 0.3 is 5.97 Å². The Morgan fingerprint density at radius 2 is 1.93 bits per heavy atom. The van der Waals surface area contributed by atoms with Crippen LogP contribution in [0.15, 0.2) is 24.3 Å². The van der Waals surface area contributed by atoms with E-state index in [1.807, 2.05) is 0 Å². The standard InChI is InChI=1S/C10H8Cl2O3/c1-14-7-4-2-6(3-5-7)8-10(11,12)9(13)15-8/h2-5,8H,1H3. The predicted molar refractivity (Wildman–Crippen MR) is 56.3 cm³/mol. The number of benzene rings is 1. The highest BCUT2D eigenvalue weighted by Crippen LogP contribution is 2.48. The summed E-state index contributed by atoms with van der Waals surface area (Å²) in [7, 11) is 1.58. The molecule has 1 atom stereocenters. The molecular weight excluding hydrogens is 239 g/mol. The van der Waals surface area contributed by atoms with Crippen molar-refractivity contribution in [3.63, 3.8) is 0 Å². The third-order valence-corrected chi connectivity index (χ3v) is 2.95. The van der Waals surface area contributed by atoms with Crippen molar-refractivity contribution < 1.29 is 14.3 Å². The van der Waals surface area contributed by atoms with Crippen molar-refractivity contribution in [3.8, 4) is 5.75 Å². The molecule has 1 fully saturated rings. The molecule has 1 aromatic rings. The number of ether oxygens (including phenoxy) is 2. The molecule has 1 heterocycles. The van der Waals surface area contributed by atoms with Crippen molar-refractivity contribution in [2.75, 3.05) is 7.11 Å². The topological polar surface area (TPSA) is 35.5 Å². The average Bonchev–Trinajstić information content (AvgIpc) is 2.26. The fraction of sp³-hybridized carbons (Fsp3) is 0.300. The molecule has 0 N–H and O–H groups in total. The number of cyclic esters (lactones) is 1. The van der Waals surface area contributed by atoms with Crippen molar-refractivity contribution in [2.24, 2.45) is 0 Å². The minimum Gasteiger partial charge on any atom is -0.497 e. The highest BCUT2D eigenvalue weighted by molar-refractivity contribution is 6.59. The lowest BCUT2D eigenvalue weighted by molar-refractivity contribution is -0.172. The highest BCUT2D eigenvalue weighted by Gasteiger charge is 2.56. The van der Waals surface area contributed by atoms with Crippen LogP contribution in [0.25, 0.3) is 0 Å². The lowest BCUT2D eigenvalue weighted by Gasteiger charge is -2.37. The van der Waals surface area contributed by atoms with Crippen molar-refractivity contribution in [1.29, 1.82) is 0 Å². The van der Waals surface area contributed by atoms with Crippen LogP contribution in [0.1, 0.15) is 11.7 Å². The molecule has 0 amide bonds. The maximum Gasteiger partial charge on any atom is 0.347 e. The SMILES string of the molecule is COc1ccc(C2OC(=O)C2(Cl)Cl)cc1. The minimum absolute atomic E-state index is 0.598. The lowest BCUT2D eigenvalue weighted by atomic mass is 10.0. The van der Waals surface area contributed by atoms with Gasteiger partial charge in [0.25, 0.3) is 4.33 Å². The second kappa shape index (κ2) is 3.58. The molecule has 2 rings (SSSR count). The van der Waals surface area contributed by atoms with Gasteiger partial charge in [0, 0.05) is 0 Å². The van der Waals surface area contributed by atoms with Crippen LogP contribution in [0.3, 0.4) is 0 Å². The maximum atomic E-state index is 10.9. The highest BCUT2D eigenvalue weighted by atomic mass is 35.5. The van der Waals surface area contributed by atoms with Crippen LogP contribution in [0.4, 0.5) is 0 Å². The molecule has 1 aliphatic heterocycles. The second-order valence-corrected chi connectivity index (χ2v) is 4.57. The molecule has 1 aliphatic rings. The maximum absolute atomic E-state index is 10.9. The van der Waals surface area contributed by atoms with Gasteiger partial charge in [0.05, 0.1) is 7.11 Å². The van der Waals surface area contributed by atoms with E-state index in [0.717, 1.165) is 11.3 Å². The van der Waals surface area contributed by atoms with Crippen molar-refractivity contribution >= 4 is 29.2 Å². The Hall–Kier alpha value is -0.930. The molecule has 0 saturated carbocycles. The monoisotopic (exact) mass is 246 g/mol. The predicted octanol–water partition coefficient (Wildman–Crippen LogP) is 2.47. The molecule has 3 nitrogen and oxygen atoms in total. The van der Waals surface area contributed by atoms with E-state index < -0.39 is 16.4 Å². The molecule has 0 spiro atoms. The number of methoxy groups -OCH3 is 1. The van der Waals surface area contributed by atoms with Crippen molar-refractivity contribution in [2.45, 2.75) is 10.4 Å². The number of carbonyl (C=O) groups is 1. The summed E-state index contributed by atoms with van der Waals surface area (Å²) in [6.07, 6.45) is -0.598. The Kier molecular flexibility index (Phi) is 2.52. The smallest absolute Gasteiger partial charge is 0.347 e. The zero-order valence-electron chi connectivity index (χ0n) is 7.87. The van der Waals surface area contributed by atoms with Gasteiger partial charge in [0.2, 0.25) is 0 Å². The largest absolute Gasteiger partial charge is 0.497 e. The van der Waals surface area contributed by atoms with Crippen LogP contribution in [-0.4, -0.2) is 17.4 Å². The Bertz CT molecular complexity index is 386. The summed E-state index contributed by atoms with van der Waals surface area (Å²) in [5, 5.41) is 0. The first kappa shape index (κ1) is 10.6. The summed E-state index contributed by atoms with van der Waals surface area (Å²) >= 11 is 11.6. The lowest BCUT2D eigenvalue weighted by Crippen LogP contribution is -2.48. The van der Waals surface area contributed by atoms with Crippen LogP contribution in [0.2, 0.25) is 0 Å². The van der Waals surface area contributed by atoms with Crippen LogP contribution in [-0.2, 0) is 9.53 Å². The zero-order valence-corrected chi connectivity index (χ0v) is 9.38. The summed E-state index contributed by atoms with van der Waals surface area (Å²) in [5.74, 6) is 0.116. The van der Waals surface area contributed by atoms with Gasteiger partial charge in [-0.2, -0.15) is 0 Å². The second-order valence-electron chi connectivity index (χ2n) is 3.18. The van der Waals surface area contributed by atoms with E-state index in [2.05, 4.69) is 0 Å². The molecule has 0 aromatic heterocycles. The quantitative estimate of drug-likeness (QED) is 0.594. The summed E-state index contributed by atoms with van der Waals surface area (Å²) in [4.78, 5) is 10.9. The Labute approximate surface area is 96.9 Å². The fourth-order valence-electron chi connectivity index (χ4n) is 1.36. The van der Waals surface area contributed by atoms with Crippen LogP contribution >= 0.6 is 23.2 Å². The van der Waals surface area contributed by atoms with Crippen LogP contribution < -0.4 is 4.74 Å². The van der Waals surface area contributed by atoms with E-state index in [1.165, 1.54) is 0 Å². The van der Waals surface area contributed by atoms with E-state index in [4.69, 9.17) is 32.7 Å². The number of halogens is 2. The summed E-state index contributed by atoms with van der Waals surface area (Å²) < 4.78 is 8.41. The Morgan fingerprint density at radius 1 is 1.33 bits per heavy atom. The normalized spacial score (nSPS) is 22.9. The molecule has 0 bridgehead atoms. The Morgan fingerprint density at radius 3 is 2.33 bits per heavy atom. The first-order valence-electron chi connectivity index (χ1n) is 4.28. The average molecular weight is 247 g/mol. The van der Waals surface area contributed by atoms with Gasteiger partial charge in [-0.05, 0) is 17.7 Å². The van der Waals surface area contributed by atoms with Crippen molar-refractivity contribution in [1.82, 2.24) is 0 Å². The minimum atomic E-state index is -1.46. The van der Waals surface area contributed by atoms with E-state index in [-0.39, 0.29) is 0 Å². The van der Waals surface area contributed by atoms with Gasteiger partial charge in [-0.3, -0.25) is 0 Å². The number of hydrogen-bond acceptors (Lipinski definition) is 3. The third-order valence-electron chi connectivity index (χ3n) is 2.24.